The van der Waals surface area contributed by atoms with Gasteiger partial charge < -0.3 is 10.8 Å². The fourth-order valence-electron chi connectivity index (χ4n) is 0.635. The zero-order chi connectivity index (χ0) is 12.2. The number of amides is 3. The fraction of sp³-hybridized carbons (Fsp3) is 0.500. The quantitative estimate of drug-likeness (QED) is 0.520. The number of carboxylic acids is 1. The van der Waals surface area contributed by atoms with E-state index in [0.29, 0.717) is 0 Å². The van der Waals surface area contributed by atoms with E-state index in [0.717, 1.165) is 6.92 Å². The monoisotopic (exact) mass is 238 g/mol. The Morgan fingerprint density at radius 1 is 1.40 bits per heavy atom. The first-order chi connectivity index (χ1) is 6.66. The average Bonchev–Trinajstić information content (AvgIpc) is 1.99. The molecule has 0 aliphatic rings. The minimum Gasteiger partial charge on any atom is -0.480 e. The highest BCUT2D eigenvalue weighted by atomic mass is 32.2. The number of rotatable bonds is 4. The highest BCUT2D eigenvalue weighted by molar-refractivity contribution is 7.93. The summed E-state index contributed by atoms with van der Waals surface area (Å²) in [6, 6.07) is -1.20. The second kappa shape index (κ2) is 4.73. The smallest absolute Gasteiger partial charge is 0.321 e. The van der Waals surface area contributed by atoms with Crippen LogP contribution in [0.15, 0.2) is 0 Å². The van der Waals surface area contributed by atoms with Crippen molar-refractivity contribution in [2.45, 2.75) is 12.2 Å². The van der Waals surface area contributed by atoms with Crippen molar-refractivity contribution in [3.8, 4) is 0 Å². The molecular formula is C6H10N2O6S. The predicted molar refractivity (Wildman–Crippen MR) is 48.6 cm³/mol. The molecule has 0 spiro atoms. The van der Waals surface area contributed by atoms with E-state index in [4.69, 9.17) is 5.11 Å². The zero-order valence-electron chi connectivity index (χ0n) is 7.76. The molecule has 9 heteroatoms. The molecule has 0 aromatic heterocycles. The van der Waals surface area contributed by atoms with Gasteiger partial charge in [0.05, 0.1) is 0 Å². The Bertz CT molecular complexity index is 386. The number of nitrogens with two attached hydrogens (primary N) is 1. The van der Waals surface area contributed by atoms with Crippen molar-refractivity contribution >= 4 is 27.7 Å². The summed E-state index contributed by atoms with van der Waals surface area (Å²) in [4.78, 5) is 31.3. The first kappa shape index (κ1) is 13.4. The van der Waals surface area contributed by atoms with E-state index < -0.39 is 38.7 Å². The number of carbonyl (C=O) groups is 3. The highest BCUT2D eigenvalue weighted by Crippen LogP contribution is 2.01. The Balaban J connectivity index is 4.59. The number of primary amides is 1. The molecule has 15 heavy (non-hydrogen) atoms. The van der Waals surface area contributed by atoms with Gasteiger partial charge in [0.25, 0.3) is 0 Å². The fourth-order valence-corrected chi connectivity index (χ4v) is 1.63. The summed E-state index contributed by atoms with van der Waals surface area (Å²) < 4.78 is 22.3. The molecule has 4 N–H and O–H groups in total. The number of carboxylic acid groups (broad SMARTS) is 1. The van der Waals surface area contributed by atoms with Crippen LogP contribution in [0.3, 0.4) is 0 Å². The van der Waals surface area contributed by atoms with Gasteiger partial charge >= 0.3 is 12.0 Å². The Morgan fingerprint density at radius 2 is 1.87 bits per heavy atom. The van der Waals surface area contributed by atoms with Gasteiger partial charge in [0, 0.05) is 0 Å². The molecule has 0 radical (unpaired) electrons. The number of hydrogen-bond acceptors (Lipinski definition) is 5. The average molecular weight is 238 g/mol. The second-order valence-electron chi connectivity index (χ2n) is 2.70. The van der Waals surface area contributed by atoms with Crippen molar-refractivity contribution in [3.63, 3.8) is 0 Å². The first-order valence-electron chi connectivity index (χ1n) is 3.70. The van der Waals surface area contributed by atoms with Gasteiger partial charge in [-0.05, 0) is 6.92 Å². The van der Waals surface area contributed by atoms with E-state index in [1.165, 1.54) is 5.32 Å². The molecule has 0 aliphatic carbocycles. The zero-order valence-corrected chi connectivity index (χ0v) is 8.58. The third-order valence-corrected chi connectivity index (χ3v) is 3.42. The molecule has 0 bridgehead atoms. The molecule has 3 amide bonds. The topological polar surface area (TPSA) is 144 Å². The molecule has 0 fully saturated rings. The standard InChI is InChI=1S/C6H10N2O6S/c1-3(5(10)11)15(13,14)2-4(9)8-6(7)12/h3H,2H2,1H3,(H,10,11)(H3,7,8,9,12). The lowest BCUT2D eigenvalue weighted by Crippen LogP contribution is -2.41. The van der Waals surface area contributed by atoms with Gasteiger partial charge in [0.1, 0.15) is 5.75 Å². The molecule has 0 saturated carbocycles. The lowest BCUT2D eigenvalue weighted by atomic mass is 10.5. The van der Waals surface area contributed by atoms with Crippen LogP contribution in [0.5, 0.6) is 0 Å². The van der Waals surface area contributed by atoms with Crippen LogP contribution in [-0.2, 0) is 19.4 Å². The normalized spacial score (nSPS) is 12.9. The molecule has 8 nitrogen and oxygen atoms in total. The van der Waals surface area contributed by atoms with Gasteiger partial charge in [0.2, 0.25) is 5.91 Å². The molecule has 0 heterocycles. The predicted octanol–water partition coefficient (Wildman–Crippen LogP) is -1.93. The third kappa shape index (κ3) is 4.40. The van der Waals surface area contributed by atoms with E-state index in [9.17, 15) is 22.8 Å². The maximum atomic E-state index is 11.2. The molecule has 0 saturated heterocycles. The Hall–Kier alpha value is -1.64. The summed E-state index contributed by atoms with van der Waals surface area (Å²) in [5, 5.41) is 8.22. The van der Waals surface area contributed by atoms with Gasteiger partial charge in [0.15, 0.2) is 15.1 Å². The number of nitrogens with one attached hydrogen (secondary N) is 1. The van der Waals surface area contributed by atoms with E-state index in [1.807, 2.05) is 0 Å². The van der Waals surface area contributed by atoms with Gasteiger partial charge in [-0.1, -0.05) is 0 Å². The van der Waals surface area contributed by atoms with Gasteiger partial charge in [-0.2, -0.15) is 0 Å². The van der Waals surface area contributed by atoms with Crippen LogP contribution in [0.1, 0.15) is 6.92 Å². The minimum atomic E-state index is -4.12. The molecule has 0 aliphatic heterocycles. The van der Waals surface area contributed by atoms with Crippen LogP contribution in [0.2, 0.25) is 0 Å². The van der Waals surface area contributed by atoms with Crippen LogP contribution in [0, 0.1) is 0 Å². The summed E-state index contributed by atoms with van der Waals surface area (Å²) in [7, 11) is -4.12. The summed E-state index contributed by atoms with van der Waals surface area (Å²) in [5.41, 5.74) is 4.57. The maximum absolute atomic E-state index is 11.2. The summed E-state index contributed by atoms with van der Waals surface area (Å²) in [5.74, 6) is -3.82. The molecule has 1 atom stereocenters. The van der Waals surface area contributed by atoms with Crippen molar-refractivity contribution < 1.29 is 27.9 Å². The first-order valence-corrected chi connectivity index (χ1v) is 5.42. The lowest BCUT2D eigenvalue weighted by molar-refractivity contribution is -0.136. The van der Waals surface area contributed by atoms with Gasteiger partial charge in [-0.15, -0.1) is 0 Å². The molecule has 0 rings (SSSR count). The number of imide groups is 1. The maximum Gasteiger partial charge on any atom is 0.321 e. The molecule has 1 unspecified atom stereocenters. The van der Waals surface area contributed by atoms with Crippen molar-refractivity contribution in [2.75, 3.05) is 5.75 Å². The van der Waals surface area contributed by atoms with E-state index >= 15 is 0 Å². The third-order valence-electron chi connectivity index (χ3n) is 1.48. The van der Waals surface area contributed by atoms with Crippen LogP contribution in [0.25, 0.3) is 0 Å². The van der Waals surface area contributed by atoms with Crippen LogP contribution >= 0.6 is 0 Å². The van der Waals surface area contributed by atoms with Gasteiger partial charge in [-0.3, -0.25) is 14.9 Å². The van der Waals surface area contributed by atoms with Crippen molar-refractivity contribution in [3.05, 3.63) is 0 Å². The summed E-state index contributed by atoms with van der Waals surface area (Å²) in [6.07, 6.45) is 0. The van der Waals surface area contributed by atoms with E-state index in [1.54, 1.807) is 0 Å². The van der Waals surface area contributed by atoms with E-state index in [-0.39, 0.29) is 0 Å². The van der Waals surface area contributed by atoms with Crippen LogP contribution in [0.4, 0.5) is 4.79 Å². The Morgan fingerprint density at radius 3 is 2.20 bits per heavy atom. The van der Waals surface area contributed by atoms with Crippen molar-refractivity contribution in [1.29, 1.82) is 0 Å². The molecule has 0 aromatic carbocycles. The molecular weight excluding hydrogens is 228 g/mol. The summed E-state index contributed by atoms with van der Waals surface area (Å²) in [6.45, 7) is 0.926. The highest BCUT2D eigenvalue weighted by Gasteiger charge is 2.30. The number of carbonyl (C=O) groups excluding carboxylic acids is 2. The lowest BCUT2D eigenvalue weighted by Gasteiger charge is -2.07. The second-order valence-corrected chi connectivity index (χ2v) is 5.02. The number of aliphatic carboxylic acids is 1. The van der Waals surface area contributed by atoms with Crippen molar-refractivity contribution in [2.24, 2.45) is 5.73 Å². The summed E-state index contributed by atoms with van der Waals surface area (Å²) >= 11 is 0. The SMILES string of the molecule is CC(C(=O)O)S(=O)(=O)CC(=O)NC(N)=O. The number of urea groups is 1. The van der Waals surface area contributed by atoms with Crippen LogP contribution < -0.4 is 11.1 Å². The molecule has 0 aromatic rings. The molecule has 86 valence electrons. The largest absolute Gasteiger partial charge is 0.480 e. The Labute approximate surface area is 85.4 Å². The van der Waals surface area contributed by atoms with E-state index in [2.05, 4.69) is 5.73 Å². The number of hydrogen-bond donors (Lipinski definition) is 3. The Kier molecular flexibility index (Phi) is 4.21. The minimum absolute atomic E-state index is 0.926. The van der Waals surface area contributed by atoms with Gasteiger partial charge in [-0.25, -0.2) is 13.2 Å². The van der Waals surface area contributed by atoms with Crippen LogP contribution in [-0.4, -0.2) is 42.4 Å². The van der Waals surface area contributed by atoms with Crippen molar-refractivity contribution in [1.82, 2.24) is 5.32 Å². The number of sulfone groups is 1.